The van der Waals surface area contributed by atoms with E-state index in [4.69, 9.17) is 8.83 Å². The molecule has 0 radical (unpaired) electrons. The highest BCUT2D eigenvalue weighted by atomic mass is 16.4. The Labute approximate surface area is 87.6 Å². The molecule has 0 saturated carbocycles. The summed E-state index contributed by atoms with van der Waals surface area (Å²) in [5, 5.41) is 9.18. The lowest BCUT2D eigenvalue weighted by atomic mass is 10.2. The second-order valence-corrected chi connectivity index (χ2v) is 3.61. The molecule has 2 heterocycles. The summed E-state index contributed by atoms with van der Waals surface area (Å²) in [7, 11) is 0. The molecule has 0 fully saturated rings. The number of rotatable bonds is 3. The van der Waals surface area contributed by atoms with Crippen molar-refractivity contribution in [1.82, 2.24) is 4.98 Å². The molecule has 4 nitrogen and oxygen atoms in total. The number of aromatic nitrogens is 1. The molecule has 0 aliphatic rings. The first-order chi connectivity index (χ1) is 7.15. The molecule has 0 saturated heterocycles. The second kappa shape index (κ2) is 3.90. The van der Waals surface area contributed by atoms with Crippen LogP contribution in [-0.4, -0.2) is 16.2 Å². The van der Waals surface area contributed by atoms with Gasteiger partial charge in [-0.2, -0.15) is 0 Å². The lowest BCUT2D eigenvalue weighted by molar-refractivity contribution is 0.194. The lowest BCUT2D eigenvalue weighted by Gasteiger charge is -1.96. The van der Waals surface area contributed by atoms with Crippen molar-refractivity contribution in [1.29, 1.82) is 0 Å². The fourth-order valence-corrected chi connectivity index (χ4v) is 1.37. The quantitative estimate of drug-likeness (QED) is 0.837. The molecule has 1 N–H and O–H groups in total. The zero-order valence-corrected chi connectivity index (χ0v) is 8.73. The van der Waals surface area contributed by atoms with Crippen LogP contribution in [0.5, 0.6) is 0 Å². The molecule has 0 aliphatic heterocycles. The van der Waals surface area contributed by atoms with Gasteiger partial charge in [0, 0.05) is 6.42 Å². The summed E-state index contributed by atoms with van der Waals surface area (Å²) in [5.41, 5.74) is 0.731. The van der Waals surface area contributed by atoms with E-state index in [-0.39, 0.29) is 0 Å². The summed E-state index contributed by atoms with van der Waals surface area (Å²) in [6.45, 7) is 3.58. The molecule has 15 heavy (non-hydrogen) atoms. The number of hydrogen-bond donors (Lipinski definition) is 1. The first-order valence-corrected chi connectivity index (χ1v) is 4.84. The van der Waals surface area contributed by atoms with Gasteiger partial charge in [-0.15, -0.1) is 0 Å². The average molecular weight is 207 g/mol. The molecule has 4 heteroatoms. The van der Waals surface area contributed by atoms with Gasteiger partial charge in [0.15, 0.2) is 5.76 Å². The Kier molecular flexibility index (Phi) is 2.60. The molecule has 2 aromatic rings. The SMILES string of the molecule is Cc1ccc(-c2nc(CC(C)O)co2)o1. The minimum atomic E-state index is -0.415. The third-order valence-corrected chi connectivity index (χ3v) is 2.01. The zero-order chi connectivity index (χ0) is 10.8. The third kappa shape index (κ3) is 2.27. The minimum Gasteiger partial charge on any atom is -0.456 e. The van der Waals surface area contributed by atoms with Crippen LogP contribution in [0.2, 0.25) is 0 Å². The van der Waals surface area contributed by atoms with Crippen LogP contribution < -0.4 is 0 Å². The van der Waals surface area contributed by atoms with Crippen LogP contribution in [0.3, 0.4) is 0 Å². The van der Waals surface area contributed by atoms with E-state index in [2.05, 4.69) is 4.98 Å². The Morgan fingerprint density at radius 2 is 2.27 bits per heavy atom. The van der Waals surface area contributed by atoms with Crippen molar-refractivity contribution >= 4 is 0 Å². The number of aryl methyl sites for hydroxylation is 1. The van der Waals surface area contributed by atoms with E-state index < -0.39 is 6.10 Å². The summed E-state index contributed by atoms with van der Waals surface area (Å²) < 4.78 is 10.6. The number of oxazole rings is 1. The third-order valence-electron chi connectivity index (χ3n) is 2.01. The molecular weight excluding hydrogens is 194 g/mol. The average Bonchev–Trinajstić information content (AvgIpc) is 2.72. The maximum Gasteiger partial charge on any atom is 0.262 e. The molecule has 2 aromatic heterocycles. The van der Waals surface area contributed by atoms with Crippen molar-refractivity contribution < 1.29 is 13.9 Å². The number of hydrogen-bond acceptors (Lipinski definition) is 4. The van der Waals surface area contributed by atoms with E-state index >= 15 is 0 Å². The molecule has 0 bridgehead atoms. The zero-order valence-electron chi connectivity index (χ0n) is 8.73. The number of aliphatic hydroxyl groups excluding tert-OH is 1. The van der Waals surface area contributed by atoms with Gasteiger partial charge in [-0.25, -0.2) is 4.98 Å². The standard InChI is InChI=1S/C11H13NO3/c1-7(13)5-9-6-14-11(12-9)10-4-3-8(2)15-10/h3-4,6-7,13H,5H2,1-2H3. The van der Waals surface area contributed by atoms with Gasteiger partial charge in [-0.1, -0.05) is 0 Å². The highest BCUT2D eigenvalue weighted by Gasteiger charge is 2.11. The van der Waals surface area contributed by atoms with Gasteiger partial charge in [0.1, 0.15) is 12.0 Å². The van der Waals surface area contributed by atoms with Gasteiger partial charge in [-0.05, 0) is 26.0 Å². The molecule has 0 spiro atoms. The molecule has 0 aromatic carbocycles. The molecule has 1 atom stereocenters. The highest BCUT2D eigenvalue weighted by molar-refractivity contribution is 5.44. The molecule has 2 rings (SSSR count). The maximum absolute atomic E-state index is 9.18. The predicted molar refractivity (Wildman–Crippen MR) is 54.3 cm³/mol. The van der Waals surface area contributed by atoms with Crippen molar-refractivity contribution in [3.63, 3.8) is 0 Å². The van der Waals surface area contributed by atoms with Crippen molar-refractivity contribution in [2.75, 3.05) is 0 Å². The summed E-state index contributed by atoms with van der Waals surface area (Å²) in [6.07, 6.45) is 1.62. The van der Waals surface area contributed by atoms with Crippen LogP contribution in [-0.2, 0) is 6.42 Å². The van der Waals surface area contributed by atoms with Crippen LogP contribution in [0.15, 0.2) is 27.2 Å². The van der Waals surface area contributed by atoms with E-state index in [1.807, 2.05) is 19.1 Å². The van der Waals surface area contributed by atoms with Crippen molar-refractivity contribution in [2.45, 2.75) is 26.4 Å². The second-order valence-electron chi connectivity index (χ2n) is 3.61. The minimum absolute atomic E-state index is 0.415. The van der Waals surface area contributed by atoms with E-state index in [0.717, 1.165) is 11.5 Å². The first kappa shape index (κ1) is 9.98. The number of aliphatic hydroxyl groups is 1. The molecule has 0 aliphatic carbocycles. The van der Waals surface area contributed by atoms with Gasteiger partial charge in [-0.3, -0.25) is 0 Å². The monoisotopic (exact) mass is 207 g/mol. The topological polar surface area (TPSA) is 59.4 Å². The van der Waals surface area contributed by atoms with Crippen molar-refractivity contribution in [3.05, 3.63) is 29.9 Å². The normalized spacial score (nSPS) is 13.0. The van der Waals surface area contributed by atoms with E-state index in [1.54, 1.807) is 13.2 Å². The summed E-state index contributed by atoms with van der Waals surface area (Å²) in [5.74, 6) is 1.89. The summed E-state index contributed by atoms with van der Waals surface area (Å²) in [6, 6.07) is 3.67. The van der Waals surface area contributed by atoms with Crippen LogP contribution in [0, 0.1) is 6.92 Å². The van der Waals surface area contributed by atoms with Crippen molar-refractivity contribution in [3.8, 4) is 11.7 Å². The Bertz CT molecular complexity index is 442. The number of furan rings is 1. The van der Waals surface area contributed by atoms with Gasteiger partial charge < -0.3 is 13.9 Å². The molecule has 80 valence electrons. The van der Waals surface area contributed by atoms with Gasteiger partial charge >= 0.3 is 0 Å². The fraction of sp³-hybridized carbons (Fsp3) is 0.364. The van der Waals surface area contributed by atoms with Crippen LogP contribution in [0.4, 0.5) is 0 Å². The summed E-state index contributed by atoms with van der Waals surface area (Å²) in [4.78, 5) is 4.21. The van der Waals surface area contributed by atoms with Crippen LogP contribution >= 0.6 is 0 Å². The summed E-state index contributed by atoms with van der Waals surface area (Å²) >= 11 is 0. The van der Waals surface area contributed by atoms with Gasteiger partial charge in [0.05, 0.1) is 11.8 Å². The van der Waals surface area contributed by atoms with E-state index in [1.165, 1.54) is 0 Å². The first-order valence-electron chi connectivity index (χ1n) is 4.84. The Morgan fingerprint density at radius 1 is 1.47 bits per heavy atom. The Hall–Kier alpha value is -1.55. The number of nitrogens with zero attached hydrogens (tertiary/aromatic N) is 1. The van der Waals surface area contributed by atoms with E-state index in [9.17, 15) is 5.11 Å². The highest BCUT2D eigenvalue weighted by Crippen LogP contribution is 2.21. The largest absolute Gasteiger partial charge is 0.456 e. The Morgan fingerprint density at radius 3 is 2.87 bits per heavy atom. The van der Waals surface area contributed by atoms with Crippen LogP contribution in [0.1, 0.15) is 18.4 Å². The fourth-order valence-electron chi connectivity index (χ4n) is 1.37. The molecule has 0 amide bonds. The predicted octanol–water partition coefficient (Wildman–Crippen LogP) is 2.17. The Balaban J connectivity index is 2.20. The molecular formula is C11H13NO3. The molecule has 1 unspecified atom stereocenters. The maximum atomic E-state index is 9.18. The van der Waals surface area contributed by atoms with Gasteiger partial charge in [0.2, 0.25) is 0 Å². The van der Waals surface area contributed by atoms with E-state index in [0.29, 0.717) is 18.1 Å². The van der Waals surface area contributed by atoms with Crippen molar-refractivity contribution in [2.24, 2.45) is 0 Å². The van der Waals surface area contributed by atoms with Gasteiger partial charge in [0.25, 0.3) is 5.89 Å². The smallest absolute Gasteiger partial charge is 0.262 e. The van der Waals surface area contributed by atoms with Crippen LogP contribution in [0.25, 0.3) is 11.7 Å². The lowest BCUT2D eigenvalue weighted by Crippen LogP contribution is -2.04.